The molecule has 4 nitrogen and oxygen atoms in total. The molecule has 4 heteroatoms. The van der Waals surface area contributed by atoms with Crippen LogP contribution in [0.2, 0.25) is 0 Å². The molecule has 1 atom stereocenters. The molecule has 0 bridgehead atoms. The van der Waals surface area contributed by atoms with Crippen molar-refractivity contribution < 1.29 is 9.84 Å². The predicted molar refractivity (Wildman–Crippen MR) is 82.4 cm³/mol. The fraction of sp³-hybridized carbons (Fsp3) is 0.588. The average Bonchev–Trinajstić information content (AvgIpc) is 2.49. The summed E-state index contributed by atoms with van der Waals surface area (Å²) in [7, 11) is 1.54. The first-order valence-corrected chi connectivity index (χ1v) is 7.50. The first-order chi connectivity index (χ1) is 9.98. The molecule has 0 saturated carbocycles. The van der Waals surface area contributed by atoms with Crippen molar-refractivity contribution in [3.8, 4) is 17.6 Å². The summed E-state index contributed by atoms with van der Waals surface area (Å²) in [6.45, 7) is 6.22. The van der Waals surface area contributed by atoms with Gasteiger partial charge in [0, 0.05) is 6.42 Å². The highest BCUT2D eigenvalue weighted by Gasteiger charge is 2.34. The Balaban J connectivity index is 2.16. The van der Waals surface area contributed by atoms with E-state index in [0.717, 1.165) is 37.4 Å². The second-order valence-corrected chi connectivity index (χ2v) is 6.24. The number of rotatable bonds is 4. The molecule has 0 aliphatic carbocycles. The van der Waals surface area contributed by atoms with E-state index in [1.807, 2.05) is 19.1 Å². The highest BCUT2D eigenvalue weighted by molar-refractivity contribution is 5.42. The van der Waals surface area contributed by atoms with Gasteiger partial charge in [-0.1, -0.05) is 13.0 Å². The van der Waals surface area contributed by atoms with Crippen LogP contribution in [0.5, 0.6) is 11.5 Å². The molecule has 1 N–H and O–H groups in total. The summed E-state index contributed by atoms with van der Waals surface area (Å²) >= 11 is 0. The number of aromatic hydroxyl groups is 1. The Bertz CT molecular complexity index is 530. The fourth-order valence-electron chi connectivity index (χ4n) is 2.95. The van der Waals surface area contributed by atoms with Gasteiger partial charge in [0.25, 0.3) is 0 Å². The van der Waals surface area contributed by atoms with E-state index in [0.29, 0.717) is 12.2 Å². The summed E-state index contributed by atoms with van der Waals surface area (Å²) in [4.78, 5) is 2.28. The highest BCUT2D eigenvalue weighted by Crippen LogP contribution is 2.31. The van der Waals surface area contributed by atoms with Gasteiger partial charge in [0.1, 0.15) is 5.54 Å². The number of benzene rings is 1. The number of hydrogen-bond acceptors (Lipinski definition) is 4. The minimum absolute atomic E-state index is 0.131. The first-order valence-electron chi connectivity index (χ1n) is 7.50. The molecule has 1 aliphatic rings. The summed E-state index contributed by atoms with van der Waals surface area (Å²) in [5, 5.41) is 19.3. The number of piperidine rings is 1. The van der Waals surface area contributed by atoms with Gasteiger partial charge in [0.2, 0.25) is 0 Å². The number of phenols is 1. The van der Waals surface area contributed by atoms with Crippen LogP contribution in [0.4, 0.5) is 0 Å². The van der Waals surface area contributed by atoms with Crippen molar-refractivity contribution in [2.45, 2.75) is 38.6 Å². The minimum Gasteiger partial charge on any atom is -0.504 e. The molecule has 0 aromatic heterocycles. The molecular formula is C17H24N2O2. The molecule has 0 spiro atoms. The lowest BCUT2D eigenvalue weighted by Crippen LogP contribution is -2.50. The van der Waals surface area contributed by atoms with Crippen molar-refractivity contribution in [1.29, 1.82) is 5.26 Å². The van der Waals surface area contributed by atoms with E-state index in [-0.39, 0.29) is 5.75 Å². The summed E-state index contributed by atoms with van der Waals surface area (Å²) in [5.41, 5.74) is 0.495. The topological polar surface area (TPSA) is 56.5 Å². The number of ether oxygens (including phenoxy) is 1. The zero-order valence-corrected chi connectivity index (χ0v) is 13.1. The molecule has 0 amide bonds. The third kappa shape index (κ3) is 3.48. The van der Waals surface area contributed by atoms with Crippen molar-refractivity contribution in [2.24, 2.45) is 5.92 Å². The maximum atomic E-state index is 9.67. The zero-order chi connectivity index (χ0) is 15.5. The predicted octanol–water partition coefficient (Wildman–Crippen LogP) is 2.96. The van der Waals surface area contributed by atoms with Crippen LogP contribution in [0.1, 0.15) is 32.3 Å². The van der Waals surface area contributed by atoms with Gasteiger partial charge in [-0.3, -0.25) is 4.90 Å². The van der Waals surface area contributed by atoms with E-state index in [1.165, 1.54) is 7.11 Å². The van der Waals surface area contributed by atoms with Crippen molar-refractivity contribution in [3.63, 3.8) is 0 Å². The van der Waals surface area contributed by atoms with Crippen molar-refractivity contribution in [2.75, 3.05) is 20.2 Å². The number of phenolic OH excluding ortho intramolecular Hbond substituents is 1. The smallest absolute Gasteiger partial charge is 0.160 e. The lowest BCUT2D eigenvalue weighted by atomic mass is 9.88. The van der Waals surface area contributed by atoms with Crippen LogP contribution in [0.3, 0.4) is 0 Å². The Labute approximate surface area is 127 Å². The molecule has 1 fully saturated rings. The number of likely N-dealkylation sites (tertiary alicyclic amines) is 1. The maximum absolute atomic E-state index is 9.67. The Hall–Kier alpha value is -1.73. The SMILES string of the molecule is COc1cc(CC(C)(C#N)N2CCC(C)CC2)ccc1O. The van der Waals surface area contributed by atoms with E-state index in [2.05, 4.69) is 17.9 Å². The van der Waals surface area contributed by atoms with E-state index in [4.69, 9.17) is 4.74 Å². The molecule has 1 aromatic rings. The third-order valence-electron chi connectivity index (χ3n) is 4.51. The summed E-state index contributed by atoms with van der Waals surface area (Å²) < 4.78 is 5.15. The molecule has 114 valence electrons. The second-order valence-electron chi connectivity index (χ2n) is 6.24. The van der Waals surface area contributed by atoms with Crippen LogP contribution in [0.15, 0.2) is 18.2 Å². The quantitative estimate of drug-likeness (QED) is 0.925. The Morgan fingerprint density at radius 2 is 2.10 bits per heavy atom. The Kier molecular flexibility index (Phi) is 4.74. The van der Waals surface area contributed by atoms with Crippen molar-refractivity contribution >= 4 is 0 Å². The minimum atomic E-state index is -0.512. The van der Waals surface area contributed by atoms with Gasteiger partial charge in [0.05, 0.1) is 13.2 Å². The molecule has 2 rings (SSSR count). The second kappa shape index (κ2) is 6.36. The Morgan fingerprint density at radius 3 is 2.67 bits per heavy atom. The molecule has 21 heavy (non-hydrogen) atoms. The number of nitrogens with zero attached hydrogens (tertiary/aromatic N) is 2. The third-order valence-corrected chi connectivity index (χ3v) is 4.51. The van der Waals surface area contributed by atoms with E-state index >= 15 is 0 Å². The lowest BCUT2D eigenvalue weighted by molar-refractivity contribution is 0.103. The van der Waals surface area contributed by atoms with Crippen LogP contribution in [-0.2, 0) is 6.42 Å². The summed E-state index contributed by atoms with van der Waals surface area (Å²) in [5.74, 6) is 1.34. The van der Waals surface area contributed by atoms with E-state index in [1.54, 1.807) is 6.07 Å². The van der Waals surface area contributed by atoms with Crippen LogP contribution < -0.4 is 4.74 Å². The molecule has 1 unspecified atom stereocenters. The van der Waals surface area contributed by atoms with Crippen LogP contribution in [-0.4, -0.2) is 35.7 Å². The van der Waals surface area contributed by atoms with Crippen molar-refractivity contribution in [3.05, 3.63) is 23.8 Å². The molecule has 0 radical (unpaired) electrons. The summed E-state index contributed by atoms with van der Waals surface area (Å²) in [6.07, 6.45) is 2.93. The average molecular weight is 288 g/mol. The van der Waals surface area contributed by atoms with Crippen LogP contribution >= 0.6 is 0 Å². The van der Waals surface area contributed by atoms with Gasteiger partial charge >= 0.3 is 0 Å². The molecule has 1 saturated heterocycles. The van der Waals surface area contributed by atoms with Crippen LogP contribution in [0, 0.1) is 17.2 Å². The highest BCUT2D eigenvalue weighted by atomic mass is 16.5. The van der Waals surface area contributed by atoms with Gasteiger partial charge in [0.15, 0.2) is 11.5 Å². The monoisotopic (exact) mass is 288 g/mol. The lowest BCUT2D eigenvalue weighted by Gasteiger charge is -2.40. The largest absolute Gasteiger partial charge is 0.504 e. The normalized spacial score (nSPS) is 19.7. The zero-order valence-electron chi connectivity index (χ0n) is 13.1. The summed E-state index contributed by atoms with van der Waals surface area (Å²) in [6, 6.07) is 7.79. The van der Waals surface area contributed by atoms with Crippen molar-refractivity contribution in [1.82, 2.24) is 4.90 Å². The van der Waals surface area contributed by atoms with E-state index in [9.17, 15) is 10.4 Å². The Morgan fingerprint density at radius 1 is 1.43 bits per heavy atom. The molecular weight excluding hydrogens is 264 g/mol. The van der Waals surface area contributed by atoms with Crippen LogP contribution in [0.25, 0.3) is 0 Å². The standard InChI is InChI=1S/C17H24N2O2/c1-13-6-8-19(9-7-13)17(2,12-18)11-14-4-5-15(20)16(10-14)21-3/h4-5,10,13,20H,6-9,11H2,1-3H3. The molecule has 1 aromatic carbocycles. The van der Waals surface area contributed by atoms with Gasteiger partial charge in [-0.25, -0.2) is 0 Å². The van der Waals surface area contributed by atoms with Gasteiger partial charge in [-0.15, -0.1) is 0 Å². The maximum Gasteiger partial charge on any atom is 0.160 e. The number of nitriles is 1. The van der Waals surface area contributed by atoms with E-state index < -0.39 is 5.54 Å². The molecule has 1 heterocycles. The molecule has 1 aliphatic heterocycles. The first kappa shape index (κ1) is 15.7. The van der Waals surface area contributed by atoms with Gasteiger partial charge < -0.3 is 9.84 Å². The number of methoxy groups -OCH3 is 1. The fourth-order valence-corrected chi connectivity index (χ4v) is 2.95. The van der Waals surface area contributed by atoms with Gasteiger partial charge in [-0.05, 0) is 56.5 Å². The van der Waals surface area contributed by atoms with Gasteiger partial charge in [-0.2, -0.15) is 5.26 Å². The number of hydrogen-bond donors (Lipinski definition) is 1.